The molecule has 120 valence electrons. The molecule has 0 atom stereocenters. The first-order chi connectivity index (χ1) is 10.7. The Morgan fingerprint density at radius 2 is 1.65 bits per heavy atom. The number of nitrogens with one attached hydrogen (secondary N) is 1. The van der Waals surface area contributed by atoms with Gasteiger partial charge in [-0.1, -0.05) is 24.3 Å². The highest BCUT2D eigenvalue weighted by molar-refractivity contribution is 5.90. The van der Waals surface area contributed by atoms with Crippen LogP contribution < -0.4 is 5.32 Å². The van der Waals surface area contributed by atoms with Gasteiger partial charge in [-0.2, -0.15) is 0 Å². The maximum atomic E-state index is 11.5. The number of aliphatic carboxylic acids is 1. The Balaban J connectivity index is 2.48. The quantitative estimate of drug-likeness (QED) is 0.781. The summed E-state index contributed by atoms with van der Waals surface area (Å²) in [4.78, 5) is 22.7. The highest BCUT2D eigenvalue weighted by Crippen LogP contribution is 2.33. The van der Waals surface area contributed by atoms with E-state index in [-0.39, 0.29) is 5.56 Å². The molecule has 0 radical (unpaired) electrons. The van der Waals surface area contributed by atoms with Gasteiger partial charge in [0, 0.05) is 11.4 Å². The topological polar surface area (TPSA) is 86.6 Å². The molecule has 0 spiro atoms. The summed E-state index contributed by atoms with van der Waals surface area (Å²) in [6.07, 6.45) is 0. The lowest BCUT2D eigenvalue weighted by Crippen LogP contribution is -2.29. The van der Waals surface area contributed by atoms with Gasteiger partial charge in [-0.15, -0.1) is 0 Å². The van der Waals surface area contributed by atoms with Crippen LogP contribution in [0.4, 0.5) is 11.4 Å². The van der Waals surface area contributed by atoms with Crippen molar-refractivity contribution in [1.29, 1.82) is 0 Å². The van der Waals surface area contributed by atoms with Crippen molar-refractivity contribution in [3.8, 4) is 0 Å². The second kappa shape index (κ2) is 6.12. The summed E-state index contributed by atoms with van der Waals surface area (Å²) in [6.45, 7) is 5.13. The molecule has 5 nitrogen and oxygen atoms in total. The summed E-state index contributed by atoms with van der Waals surface area (Å²) in [5, 5.41) is 21.7. The average Bonchev–Trinajstić information content (AvgIpc) is 2.49. The van der Waals surface area contributed by atoms with Gasteiger partial charge in [-0.25, -0.2) is 4.79 Å². The van der Waals surface area contributed by atoms with Crippen molar-refractivity contribution >= 4 is 23.3 Å². The molecule has 0 saturated carbocycles. The van der Waals surface area contributed by atoms with Crippen molar-refractivity contribution in [2.24, 2.45) is 0 Å². The molecule has 2 aromatic carbocycles. The highest BCUT2D eigenvalue weighted by atomic mass is 16.4. The summed E-state index contributed by atoms with van der Waals surface area (Å²) in [6, 6.07) is 11.9. The lowest BCUT2D eigenvalue weighted by atomic mass is 9.83. The van der Waals surface area contributed by atoms with Crippen LogP contribution in [-0.2, 0) is 10.2 Å². The number of para-hydroxylation sites is 1. The molecule has 0 aliphatic rings. The fourth-order valence-corrected chi connectivity index (χ4v) is 2.29. The fourth-order valence-electron chi connectivity index (χ4n) is 2.29. The van der Waals surface area contributed by atoms with E-state index < -0.39 is 17.4 Å². The molecule has 0 aliphatic heterocycles. The first-order valence-electron chi connectivity index (χ1n) is 7.17. The van der Waals surface area contributed by atoms with Gasteiger partial charge in [0.05, 0.1) is 11.0 Å². The van der Waals surface area contributed by atoms with Crippen molar-refractivity contribution in [3.63, 3.8) is 0 Å². The largest absolute Gasteiger partial charge is 0.481 e. The summed E-state index contributed by atoms with van der Waals surface area (Å²) in [5.41, 5.74) is 1.89. The van der Waals surface area contributed by atoms with Crippen molar-refractivity contribution in [2.45, 2.75) is 26.2 Å². The van der Waals surface area contributed by atoms with E-state index in [4.69, 9.17) is 5.11 Å². The number of hydrogen-bond donors (Lipinski definition) is 3. The molecule has 2 aromatic rings. The van der Waals surface area contributed by atoms with E-state index in [0.29, 0.717) is 16.9 Å². The van der Waals surface area contributed by atoms with Gasteiger partial charge in [0.1, 0.15) is 0 Å². The first kappa shape index (κ1) is 16.5. The van der Waals surface area contributed by atoms with Crippen LogP contribution in [0.1, 0.15) is 35.3 Å². The third kappa shape index (κ3) is 3.34. The van der Waals surface area contributed by atoms with Crippen molar-refractivity contribution in [3.05, 3.63) is 59.2 Å². The number of anilines is 2. The molecule has 2 rings (SSSR count). The molecular formula is C18H19NO4. The Morgan fingerprint density at radius 1 is 1.00 bits per heavy atom. The summed E-state index contributed by atoms with van der Waals surface area (Å²) < 4.78 is 0. The predicted octanol–water partition coefficient (Wildman–Crippen LogP) is 3.80. The maximum Gasteiger partial charge on any atom is 0.335 e. The third-order valence-electron chi connectivity index (χ3n) is 3.89. The second-order valence-corrected chi connectivity index (χ2v) is 5.94. The number of benzene rings is 2. The molecule has 0 bridgehead atoms. The molecule has 0 heterocycles. The Bertz CT molecular complexity index is 765. The Morgan fingerprint density at radius 3 is 2.26 bits per heavy atom. The minimum absolute atomic E-state index is 0.174. The Labute approximate surface area is 134 Å². The SMILES string of the molecule is Cc1ccc(C(=O)O)cc1Nc1ccccc1C(C)(C)C(=O)O. The van der Waals surface area contributed by atoms with E-state index in [2.05, 4.69) is 5.32 Å². The van der Waals surface area contributed by atoms with E-state index >= 15 is 0 Å². The standard InChI is InChI=1S/C18H19NO4/c1-11-8-9-12(16(20)21)10-15(11)19-14-7-5-4-6-13(14)18(2,3)17(22)23/h4-10,19H,1-3H3,(H,20,21)(H,22,23). The van der Waals surface area contributed by atoms with E-state index in [0.717, 1.165) is 5.56 Å². The van der Waals surface area contributed by atoms with Crippen molar-refractivity contribution < 1.29 is 19.8 Å². The Kier molecular flexibility index (Phi) is 4.40. The minimum atomic E-state index is -1.07. The number of carboxylic acid groups (broad SMARTS) is 2. The van der Waals surface area contributed by atoms with Crippen molar-refractivity contribution in [2.75, 3.05) is 5.32 Å². The van der Waals surface area contributed by atoms with Gasteiger partial charge in [-0.05, 0) is 50.1 Å². The number of carboxylic acids is 2. The zero-order chi connectivity index (χ0) is 17.2. The molecule has 0 unspecified atom stereocenters. The predicted molar refractivity (Wildman–Crippen MR) is 88.5 cm³/mol. The van der Waals surface area contributed by atoms with Gasteiger partial charge in [0.25, 0.3) is 0 Å². The van der Waals surface area contributed by atoms with Crippen LogP contribution in [0.2, 0.25) is 0 Å². The zero-order valence-corrected chi connectivity index (χ0v) is 13.3. The number of hydrogen-bond acceptors (Lipinski definition) is 3. The zero-order valence-electron chi connectivity index (χ0n) is 13.3. The summed E-state index contributed by atoms with van der Waals surface area (Å²) in [7, 11) is 0. The van der Waals surface area contributed by atoms with Gasteiger partial charge in [0.15, 0.2) is 0 Å². The van der Waals surface area contributed by atoms with Crippen LogP contribution >= 0.6 is 0 Å². The molecule has 23 heavy (non-hydrogen) atoms. The smallest absolute Gasteiger partial charge is 0.335 e. The first-order valence-corrected chi connectivity index (χ1v) is 7.17. The van der Waals surface area contributed by atoms with Crippen LogP contribution in [0.25, 0.3) is 0 Å². The van der Waals surface area contributed by atoms with Crippen molar-refractivity contribution in [1.82, 2.24) is 0 Å². The summed E-state index contributed by atoms with van der Waals surface area (Å²) >= 11 is 0. The van der Waals surface area contributed by atoms with E-state index in [9.17, 15) is 14.7 Å². The minimum Gasteiger partial charge on any atom is -0.481 e. The average molecular weight is 313 g/mol. The van der Waals surface area contributed by atoms with Crippen LogP contribution in [0, 0.1) is 6.92 Å². The summed E-state index contributed by atoms with van der Waals surface area (Å²) in [5.74, 6) is -1.94. The number of carbonyl (C=O) groups is 2. The fraction of sp³-hybridized carbons (Fsp3) is 0.222. The number of aromatic carboxylic acids is 1. The van der Waals surface area contributed by atoms with Crippen LogP contribution in [0.3, 0.4) is 0 Å². The van der Waals surface area contributed by atoms with Crippen LogP contribution in [0.15, 0.2) is 42.5 Å². The molecule has 0 amide bonds. The molecule has 0 aliphatic carbocycles. The maximum absolute atomic E-state index is 11.5. The Hall–Kier alpha value is -2.82. The monoisotopic (exact) mass is 313 g/mol. The molecule has 5 heteroatoms. The van der Waals surface area contributed by atoms with Crippen LogP contribution in [-0.4, -0.2) is 22.2 Å². The van der Waals surface area contributed by atoms with Gasteiger partial charge in [-0.3, -0.25) is 4.79 Å². The van der Waals surface area contributed by atoms with E-state index in [1.807, 2.05) is 6.92 Å². The van der Waals surface area contributed by atoms with Crippen LogP contribution in [0.5, 0.6) is 0 Å². The molecule has 0 saturated heterocycles. The normalized spacial score (nSPS) is 11.1. The van der Waals surface area contributed by atoms with E-state index in [1.165, 1.54) is 6.07 Å². The van der Waals surface area contributed by atoms with Gasteiger partial charge < -0.3 is 15.5 Å². The number of aryl methyl sites for hydroxylation is 1. The second-order valence-electron chi connectivity index (χ2n) is 5.94. The lowest BCUT2D eigenvalue weighted by molar-refractivity contribution is -0.142. The molecule has 0 fully saturated rings. The molecule has 3 N–H and O–H groups in total. The van der Waals surface area contributed by atoms with E-state index in [1.54, 1.807) is 50.2 Å². The third-order valence-corrected chi connectivity index (χ3v) is 3.89. The number of rotatable bonds is 5. The van der Waals surface area contributed by atoms with Gasteiger partial charge >= 0.3 is 11.9 Å². The molecule has 0 aromatic heterocycles. The highest BCUT2D eigenvalue weighted by Gasteiger charge is 2.31. The molecular weight excluding hydrogens is 294 g/mol. The lowest BCUT2D eigenvalue weighted by Gasteiger charge is -2.24. The van der Waals surface area contributed by atoms with Gasteiger partial charge in [0.2, 0.25) is 0 Å².